The molecule has 4 saturated carbocycles. The molecule has 2 atom stereocenters. The first-order valence-electron chi connectivity index (χ1n) is 9.25. The van der Waals surface area contributed by atoms with E-state index >= 15 is 0 Å². The number of hydrogen-bond donors (Lipinski definition) is 2. The van der Waals surface area contributed by atoms with Gasteiger partial charge in [0.05, 0.1) is 11.6 Å². The van der Waals surface area contributed by atoms with Crippen molar-refractivity contribution in [2.75, 3.05) is 0 Å². The van der Waals surface area contributed by atoms with E-state index in [2.05, 4.69) is 0 Å². The SMILES string of the molecule is CC(C)(Oc1ccccc1F)C(N)=NC1C2CC3CC1CC(O)(C3)C2. The number of aliphatic imine (C=N–C) groups is 1. The fourth-order valence-electron chi connectivity index (χ4n) is 5.34. The normalized spacial score (nSPS) is 37.4. The molecule has 0 aliphatic heterocycles. The second-order valence-corrected chi connectivity index (χ2v) is 8.74. The minimum atomic E-state index is -0.881. The van der Waals surface area contributed by atoms with Crippen LogP contribution in [0.1, 0.15) is 46.0 Å². The van der Waals surface area contributed by atoms with Gasteiger partial charge in [-0.25, -0.2) is 4.39 Å². The Hall–Kier alpha value is -1.62. The highest BCUT2D eigenvalue weighted by Gasteiger charge is 2.55. The molecule has 2 unspecified atom stereocenters. The van der Waals surface area contributed by atoms with Crippen molar-refractivity contribution in [3.8, 4) is 5.75 Å². The van der Waals surface area contributed by atoms with Crippen LogP contribution in [0.2, 0.25) is 0 Å². The molecule has 4 fully saturated rings. The van der Waals surface area contributed by atoms with Gasteiger partial charge in [-0.2, -0.15) is 0 Å². The van der Waals surface area contributed by atoms with Crippen molar-refractivity contribution < 1.29 is 14.2 Å². The molecule has 1 aromatic carbocycles. The van der Waals surface area contributed by atoms with E-state index in [1.54, 1.807) is 18.2 Å². The lowest BCUT2D eigenvalue weighted by atomic mass is 9.52. The molecule has 0 amide bonds. The minimum absolute atomic E-state index is 0.153. The third-order valence-corrected chi connectivity index (χ3v) is 6.30. The second-order valence-electron chi connectivity index (χ2n) is 8.74. The zero-order valence-corrected chi connectivity index (χ0v) is 14.9. The molecule has 0 radical (unpaired) electrons. The molecule has 0 saturated heterocycles. The first-order chi connectivity index (χ1) is 11.8. The summed E-state index contributed by atoms with van der Waals surface area (Å²) in [6.07, 6.45) is 4.88. The summed E-state index contributed by atoms with van der Waals surface area (Å²) in [5, 5.41) is 10.7. The van der Waals surface area contributed by atoms with Crippen LogP contribution in [0.4, 0.5) is 4.39 Å². The molecule has 1 aromatic rings. The lowest BCUT2D eigenvalue weighted by Gasteiger charge is -2.57. The van der Waals surface area contributed by atoms with Gasteiger partial charge in [0, 0.05) is 0 Å². The Bertz CT molecular complexity index is 687. The maximum atomic E-state index is 13.9. The lowest BCUT2D eigenvalue weighted by molar-refractivity contribution is -0.132. The van der Waals surface area contributed by atoms with Crippen LogP contribution in [0.5, 0.6) is 5.75 Å². The molecule has 0 aromatic heterocycles. The average Bonchev–Trinajstić information content (AvgIpc) is 2.51. The van der Waals surface area contributed by atoms with Gasteiger partial charge >= 0.3 is 0 Å². The van der Waals surface area contributed by atoms with Crippen molar-refractivity contribution in [1.82, 2.24) is 0 Å². The molecule has 0 spiro atoms. The lowest BCUT2D eigenvalue weighted by Crippen LogP contribution is -2.57. The Balaban J connectivity index is 1.54. The summed E-state index contributed by atoms with van der Waals surface area (Å²) >= 11 is 0. The number of nitrogens with two attached hydrogens (primary N) is 1. The van der Waals surface area contributed by atoms with E-state index in [-0.39, 0.29) is 11.8 Å². The Morgan fingerprint density at radius 3 is 2.48 bits per heavy atom. The smallest absolute Gasteiger partial charge is 0.165 e. The number of benzene rings is 1. The van der Waals surface area contributed by atoms with Gasteiger partial charge in [0.1, 0.15) is 5.84 Å². The number of aliphatic hydroxyl groups is 1. The Morgan fingerprint density at radius 2 is 1.88 bits per heavy atom. The van der Waals surface area contributed by atoms with Crippen LogP contribution in [-0.4, -0.2) is 28.2 Å². The third-order valence-electron chi connectivity index (χ3n) is 6.30. The molecular formula is C20H27FN2O2. The van der Waals surface area contributed by atoms with Crippen molar-refractivity contribution >= 4 is 5.84 Å². The van der Waals surface area contributed by atoms with E-state index in [9.17, 15) is 9.50 Å². The van der Waals surface area contributed by atoms with Crippen LogP contribution >= 0.6 is 0 Å². The van der Waals surface area contributed by atoms with E-state index in [4.69, 9.17) is 15.5 Å². The number of para-hydroxylation sites is 1. The van der Waals surface area contributed by atoms with E-state index < -0.39 is 17.0 Å². The van der Waals surface area contributed by atoms with Crippen LogP contribution in [0.15, 0.2) is 29.3 Å². The molecule has 0 heterocycles. The summed E-state index contributed by atoms with van der Waals surface area (Å²) in [5.74, 6) is 1.63. The van der Waals surface area contributed by atoms with Gasteiger partial charge in [0.25, 0.3) is 0 Å². The fraction of sp³-hybridized carbons (Fsp3) is 0.650. The molecule has 4 aliphatic carbocycles. The number of hydrogen-bond acceptors (Lipinski definition) is 3. The van der Waals surface area contributed by atoms with Gasteiger partial charge in [-0.15, -0.1) is 0 Å². The third kappa shape index (κ3) is 3.03. The Kier molecular flexibility index (Phi) is 3.83. The number of ether oxygens (including phenoxy) is 1. The van der Waals surface area contributed by atoms with Gasteiger partial charge < -0.3 is 15.6 Å². The van der Waals surface area contributed by atoms with E-state index in [0.29, 0.717) is 23.6 Å². The Labute approximate surface area is 148 Å². The highest BCUT2D eigenvalue weighted by atomic mass is 19.1. The standard InChI is InChI=1S/C20H27FN2O2/c1-19(2,25-16-6-4-3-5-15(16)21)18(22)23-17-13-7-12-8-14(17)11-20(24,9-12)10-13/h3-6,12-14,17,24H,7-11H2,1-2H3,(H2,22,23). The quantitative estimate of drug-likeness (QED) is 0.649. The van der Waals surface area contributed by atoms with Crippen molar-refractivity contribution in [1.29, 1.82) is 0 Å². The van der Waals surface area contributed by atoms with Crippen molar-refractivity contribution in [3.63, 3.8) is 0 Å². The predicted molar refractivity (Wildman–Crippen MR) is 95.0 cm³/mol. The fourth-order valence-corrected chi connectivity index (χ4v) is 5.34. The summed E-state index contributed by atoms with van der Waals surface area (Å²) in [6, 6.07) is 6.49. The van der Waals surface area contributed by atoms with Crippen LogP contribution in [0.25, 0.3) is 0 Å². The van der Waals surface area contributed by atoms with Gasteiger partial charge in [-0.05, 0) is 75.8 Å². The summed E-state index contributed by atoms with van der Waals surface area (Å²) in [4.78, 5) is 4.84. The molecule has 3 N–H and O–H groups in total. The number of amidine groups is 1. The van der Waals surface area contributed by atoms with Crippen LogP contribution in [-0.2, 0) is 0 Å². The van der Waals surface area contributed by atoms with E-state index in [1.165, 1.54) is 6.07 Å². The van der Waals surface area contributed by atoms with Gasteiger partial charge in [-0.3, -0.25) is 4.99 Å². The van der Waals surface area contributed by atoms with Crippen molar-refractivity contribution in [3.05, 3.63) is 30.1 Å². The van der Waals surface area contributed by atoms with E-state index in [0.717, 1.165) is 32.1 Å². The van der Waals surface area contributed by atoms with Crippen molar-refractivity contribution in [2.45, 2.75) is 63.2 Å². The molecular weight excluding hydrogens is 319 g/mol. The number of halogens is 1. The van der Waals surface area contributed by atoms with Gasteiger partial charge in [-0.1, -0.05) is 12.1 Å². The van der Waals surface area contributed by atoms with Crippen LogP contribution < -0.4 is 10.5 Å². The summed E-state index contributed by atoms with van der Waals surface area (Å²) in [5.41, 5.74) is 4.95. The minimum Gasteiger partial charge on any atom is -0.477 e. The van der Waals surface area contributed by atoms with Crippen molar-refractivity contribution in [2.24, 2.45) is 28.5 Å². The maximum Gasteiger partial charge on any atom is 0.165 e. The molecule has 5 rings (SSSR count). The zero-order valence-electron chi connectivity index (χ0n) is 14.9. The van der Waals surface area contributed by atoms with Gasteiger partial charge in [0.15, 0.2) is 17.2 Å². The predicted octanol–water partition coefficient (Wildman–Crippen LogP) is 3.28. The molecule has 4 nitrogen and oxygen atoms in total. The first kappa shape index (κ1) is 16.8. The summed E-state index contributed by atoms with van der Waals surface area (Å²) in [6.45, 7) is 3.64. The summed E-state index contributed by atoms with van der Waals surface area (Å²) in [7, 11) is 0. The van der Waals surface area contributed by atoms with Gasteiger partial charge in [0.2, 0.25) is 0 Å². The molecule has 4 aliphatic rings. The Morgan fingerprint density at radius 1 is 1.24 bits per heavy atom. The molecule has 5 heteroatoms. The molecule has 25 heavy (non-hydrogen) atoms. The number of nitrogens with zero attached hydrogens (tertiary/aromatic N) is 1. The first-order valence-corrected chi connectivity index (χ1v) is 9.25. The van der Waals surface area contributed by atoms with E-state index in [1.807, 2.05) is 13.8 Å². The largest absolute Gasteiger partial charge is 0.477 e. The zero-order chi connectivity index (χ0) is 17.8. The molecule has 136 valence electrons. The molecule has 4 bridgehead atoms. The number of rotatable bonds is 4. The second kappa shape index (κ2) is 5.70. The highest BCUT2D eigenvalue weighted by Crippen LogP contribution is 2.56. The maximum absolute atomic E-state index is 13.9. The summed E-state index contributed by atoms with van der Waals surface area (Å²) < 4.78 is 19.7. The monoisotopic (exact) mass is 346 g/mol. The average molecular weight is 346 g/mol. The topological polar surface area (TPSA) is 67.8 Å². The highest BCUT2D eigenvalue weighted by molar-refractivity contribution is 5.88. The van der Waals surface area contributed by atoms with Crippen LogP contribution in [0.3, 0.4) is 0 Å². The van der Waals surface area contributed by atoms with Crippen LogP contribution in [0, 0.1) is 23.6 Å².